The molecule has 1 fully saturated rings. The zero-order valence-corrected chi connectivity index (χ0v) is 9.60. The predicted octanol–water partition coefficient (Wildman–Crippen LogP) is -0.326. The number of nitrogens with one attached hydrogen (secondary N) is 1. The van der Waals surface area contributed by atoms with E-state index in [2.05, 4.69) is 15.3 Å². The Bertz CT molecular complexity index is 409. The van der Waals surface area contributed by atoms with Crippen molar-refractivity contribution in [2.75, 3.05) is 18.5 Å². The molecule has 17 heavy (non-hydrogen) atoms. The molecule has 1 atom stereocenters. The van der Waals surface area contributed by atoms with Crippen molar-refractivity contribution in [2.24, 2.45) is 17.5 Å². The van der Waals surface area contributed by atoms with Crippen molar-refractivity contribution in [1.29, 1.82) is 0 Å². The SMILES string of the molecule is NNc1ncccc1CN1CCC(C(N)=O)C1. The monoisotopic (exact) mass is 235 g/mol. The Morgan fingerprint density at radius 1 is 1.65 bits per heavy atom. The van der Waals surface area contributed by atoms with Crippen molar-refractivity contribution < 1.29 is 4.79 Å². The van der Waals surface area contributed by atoms with Gasteiger partial charge in [0.25, 0.3) is 0 Å². The first-order valence-corrected chi connectivity index (χ1v) is 5.63. The zero-order valence-electron chi connectivity index (χ0n) is 9.60. The van der Waals surface area contributed by atoms with Gasteiger partial charge in [-0.25, -0.2) is 10.8 Å². The number of hydrogen-bond acceptors (Lipinski definition) is 5. The zero-order chi connectivity index (χ0) is 12.3. The van der Waals surface area contributed by atoms with Gasteiger partial charge in [-0.1, -0.05) is 6.07 Å². The van der Waals surface area contributed by atoms with Crippen molar-refractivity contribution in [3.05, 3.63) is 23.9 Å². The second-order valence-corrected chi connectivity index (χ2v) is 4.28. The van der Waals surface area contributed by atoms with Gasteiger partial charge in [-0.3, -0.25) is 9.69 Å². The predicted molar refractivity (Wildman–Crippen MR) is 64.6 cm³/mol. The van der Waals surface area contributed by atoms with Crippen LogP contribution in [0.3, 0.4) is 0 Å². The Morgan fingerprint density at radius 3 is 3.12 bits per heavy atom. The number of nitrogens with zero attached hydrogens (tertiary/aromatic N) is 2. The molecule has 1 aromatic rings. The molecule has 0 bridgehead atoms. The molecule has 1 aliphatic rings. The second-order valence-electron chi connectivity index (χ2n) is 4.28. The lowest BCUT2D eigenvalue weighted by atomic mass is 10.1. The molecule has 0 aliphatic carbocycles. The van der Waals surface area contributed by atoms with Crippen LogP contribution in [0.5, 0.6) is 0 Å². The topological polar surface area (TPSA) is 97.3 Å². The Labute approximate surface area is 100.0 Å². The van der Waals surface area contributed by atoms with E-state index in [0.29, 0.717) is 12.4 Å². The molecule has 0 aromatic carbocycles. The summed E-state index contributed by atoms with van der Waals surface area (Å²) in [7, 11) is 0. The van der Waals surface area contributed by atoms with Gasteiger partial charge in [0.15, 0.2) is 0 Å². The van der Waals surface area contributed by atoms with Gasteiger partial charge < -0.3 is 11.2 Å². The summed E-state index contributed by atoms with van der Waals surface area (Å²) in [4.78, 5) is 17.4. The molecule has 1 aliphatic heterocycles. The summed E-state index contributed by atoms with van der Waals surface area (Å²) in [6.07, 6.45) is 2.52. The standard InChI is InChI=1S/C11H17N5O/c12-10(17)8-3-5-16(6-8)7-9-2-1-4-14-11(9)15-13/h1-2,4,8H,3,5-7,13H2,(H2,12,17)(H,14,15). The Hall–Kier alpha value is -1.66. The van der Waals surface area contributed by atoms with Crippen LogP contribution in [0.4, 0.5) is 5.82 Å². The number of hydrazine groups is 1. The number of aromatic nitrogens is 1. The maximum absolute atomic E-state index is 11.1. The lowest BCUT2D eigenvalue weighted by molar-refractivity contribution is -0.121. The summed E-state index contributed by atoms with van der Waals surface area (Å²) in [5.41, 5.74) is 8.90. The number of likely N-dealkylation sites (tertiary alicyclic amines) is 1. The number of nitrogens with two attached hydrogens (primary N) is 2. The molecule has 2 rings (SSSR count). The average Bonchev–Trinajstić information content (AvgIpc) is 2.78. The van der Waals surface area contributed by atoms with Crippen molar-refractivity contribution in [3.63, 3.8) is 0 Å². The molecule has 1 saturated heterocycles. The number of carbonyl (C=O) groups excluding carboxylic acids is 1. The van der Waals surface area contributed by atoms with Gasteiger partial charge in [-0.15, -0.1) is 0 Å². The lowest BCUT2D eigenvalue weighted by Crippen LogP contribution is -2.27. The highest BCUT2D eigenvalue weighted by Crippen LogP contribution is 2.20. The largest absolute Gasteiger partial charge is 0.369 e. The third-order valence-electron chi connectivity index (χ3n) is 3.10. The normalized spacial score (nSPS) is 20.4. The molecule has 0 radical (unpaired) electrons. The summed E-state index contributed by atoms with van der Waals surface area (Å²) in [5.74, 6) is 5.83. The summed E-state index contributed by atoms with van der Waals surface area (Å²) in [5, 5.41) is 0. The maximum atomic E-state index is 11.1. The van der Waals surface area contributed by atoms with Crippen LogP contribution >= 0.6 is 0 Å². The fraction of sp³-hybridized carbons (Fsp3) is 0.455. The van der Waals surface area contributed by atoms with Crippen LogP contribution in [0, 0.1) is 5.92 Å². The number of anilines is 1. The Balaban J connectivity index is 2.00. The van der Waals surface area contributed by atoms with E-state index >= 15 is 0 Å². The van der Waals surface area contributed by atoms with Crippen LogP contribution in [0.1, 0.15) is 12.0 Å². The fourth-order valence-electron chi connectivity index (χ4n) is 2.15. The summed E-state index contributed by atoms with van der Waals surface area (Å²) in [6, 6.07) is 3.84. The van der Waals surface area contributed by atoms with E-state index in [9.17, 15) is 4.79 Å². The van der Waals surface area contributed by atoms with Crippen LogP contribution < -0.4 is 17.0 Å². The van der Waals surface area contributed by atoms with E-state index in [0.717, 1.165) is 25.1 Å². The van der Waals surface area contributed by atoms with E-state index in [-0.39, 0.29) is 11.8 Å². The first-order chi connectivity index (χ1) is 8.20. The van der Waals surface area contributed by atoms with Crippen molar-refractivity contribution in [1.82, 2.24) is 9.88 Å². The third-order valence-corrected chi connectivity index (χ3v) is 3.10. The van der Waals surface area contributed by atoms with Crippen LogP contribution in [-0.2, 0) is 11.3 Å². The van der Waals surface area contributed by atoms with E-state index in [1.165, 1.54) is 0 Å². The van der Waals surface area contributed by atoms with E-state index in [1.807, 2.05) is 12.1 Å². The quantitative estimate of drug-likeness (QED) is 0.490. The van der Waals surface area contributed by atoms with Crippen LogP contribution in [0.15, 0.2) is 18.3 Å². The van der Waals surface area contributed by atoms with Crippen LogP contribution in [0.25, 0.3) is 0 Å². The van der Waals surface area contributed by atoms with E-state index in [1.54, 1.807) is 6.20 Å². The first-order valence-electron chi connectivity index (χ1n) is 5.63. The Morgan fingerprint density at radius 2 is 2.47 bits per heavy atom. The van der Waals surface area contributed by atoms with E-state index < -0.39 is 0 Å². The van der Waals surface area contributed by atoms with Crippen molar-refractivity contribution in [3.8, 4) is 0 Å². The molecule has 6 nitrogen and oxygen atoms in total. The number of carbonyl (C=O) groups is 1. The van der Waals surface area contributed by atoms with Gasteiger partial charge in [-0.2, -0.15) is 0 Å². The van der Waals surface area contributed by atoms with Crippen LogP contribution in [0.2, 0.25) is 0 Å². The highest BCUT2D eigenvalue weighted by Gasteiger charge is 2.26. The minimum Gasteiger partial charge on any atom is -0.369 e. The van der Waals surface area contributed by atoms with E-state index in [4.69, 9.17) is 11.6 Å². The molecule has 1 amide bonds. The van der Waals surface area contributed by atoms with Gasteiger partial charge in [0.2, 0.25) is 5.91 Å². The first kappa shape index (κ1) is 11.8. The molecule has 0 spiro atoms. The average molecular weight is 235 g/mol. The molecule has 6 heteroatoms. The Kier molecular flexibility index (Phi) is 3.55. The summed E-state index contributed by atoms with van der Waals surface area (Å²) in [6.45, 7) is 2.33. The molecular formula is C11H17N5O. The van der Waals surface area contributed by atoms with Gasteiger partial charge >= 0.3 is 0 Å². The molecule has 1 unspecified atom stereocenters. The fourth-order valence-corrected chi connectivity index (χ4v) is 2.15. The van der Waals surface area contributed by atoms with Gasteiger partial charge in [0.05, 0.1) is 5.92 Å². The summed E-state index contributed by atoms with van der Waals surface area (Å²) < 4.78 is 0. The third kappa shape index (κ3) is 2.72. The highest BCUT2D eigenvalue weighted by molar-refractivity contribution is 5.77. The number of nitrogen functional groups attached to an aromatic ring is 1. The number of hydrogen-bond donors (Lipinski definition) is 3. The molecule has 2 heterocycles. The molecule has 5 N–H and O–H groups in total. The number of rotatable bonds is 4. The summed E-state index contributed by atoms with van der Waals surface area (Å²) >= 11 is 0. The molecular weight excluding hydrogens is 218 g/mol. The molecule has 92 valence electrons. The van der Waals surface area contributed by atoms with Crippen molar-refractivity contribution in [2.45, 2.75) is 13.0 Å². The smallest absolute Gasteiger partial charge is 0.221 e. The minimum absolute atomic E-state index is 0.0269. The van der Waals surface area contributed by atoms with Gasteiger partial charge in [0.1, 0.15) is 5.82 Å². The van der Waals surface area contributed by atoms with Gasteiger partial charge in [0, 0.05) is 24.8 Å². The van der Waals surface area contributed by atoms with Crippen LogP contribution in [-0.4, -0.2) is 28.9 Å². The van der Waals surface area contributed by atoms with Crippen molar-refractivity contribution >= 4 is 11.7 Å². The minimum atomic E-state index is -0.212. The maximum Gasteiger partial charge on any atom is 0.221 e. The lowest BCUT2D eigenvalue weighted by Gasteiger charge is -2.16. The molecule has 0 saturated carbocycles. The number of amides is 1. The van der Waals surface area contributed by atoms with Gasteiger partial charge in [-0.05, 0) is 19.0 Å². The number of pyridine rings is 1. The highest BCUT2D eigenvalue weighted by atomic mass is 16.1. The second kappa shape index (κ2) is 5.11. The molecule has 1 aromatic heterocycles. The number of primary amides is 1.